The number of nitrogens with two attached hydrogens (primary N) is 2. The fraction of sp³-hybridized carbons (Fsp3) is 0.429. The molecule has 0 spiro atoms. The van der Waals surface area contributed by atoms with Crippen LogP contribution in [0.3, 0.4) is 0 Å². The molecule has 1 unspecified atom stereocenters. The molecule has 128 valence electrons. The minimum absolute atomic E-state index is 0.0221. The Hall–Kier alpha value is -1.70. The van der Waals surface area contributed by atoms with E-state index in [0.717, 1.165) is 0 Å². The van der Waals surface area contributed by atoms with Crippen molar-refractivity contribution in [2.24, 2.45) is 21.5 Å². The van der Waals surface area contributed by atoms with Gasteiger partial charge in [0.25, 0.3) is 0 Å². The molecule has 1 atom stereocenters. The lowest BCUT2D eigenvalue weighted by Gasteiger charge is -2.18. The molecule has 0 fully saturated rings. The molecule has 0 bridgehead atoms. The lowest BCUT2D eigenvalue weighted by molar-refractivity contribution is -0.110. The predicted molar refractivity (Wildman–Crippen MR) is 93.8 cm³/mol. The lowest BCUT2D eigenvalue weighted by atomic mass is 10.3. The van der Waals surface area contributed by atoms with Gasteiger partial charge in [-0.05, 0) is 26.0 Å². The van der Waals surface area contributed by atoms with Crippen LogP contribution >= 0.6 is 23.2 Å². The van der Waals surface area contributed by atoms with Crippen molar-refractivity contribution in [3.05, 3.63) is 28.2 Å². The molecule has 5 N–H and O–H groups in total. The maximum atomic E-state index is 5.93. The van der Waals surface area contributed by atoms with Gasteiger partial charge in [-0.2, -0.15) is 4.99 Å². The van der Waals surface area contributed by atoms with Gasteiger partial charge in [-0.1, -0.05) is 30.1 Å². The van der Waals surface area contributed by atoms with Crippen molar-refractivity contribution in [2.75, 3.05) is 0 Å². The van der Waals surface area contributed by atoms with E-state index in [2.05, 4.69) is 15.5 Å². The fourth-order valence-electron chi connectivity index (χ4n) is 1.46. The van der Waals surface area contributed by atoms with Crippen molar-refractivity contribution < 1.29 is 9.57 Å². The summed E-state index contributed by atoms with van der Waals surface area (Å²) in [6.07, 6.45) is -0.0555. The number of halogens is 2. The largest absolute Gasteiger partial charge is 0.463 e. The van der Waals surface area contributed by atoms with Crippen molar-refractivity contribution in [1.82, 2.24) is 5.48 Å². The maximum Gasteiger partial charge on any atom is 0.223 e. The number of aliphatic imine (C=N–C) groups is 2. The quantitative estimate of drug-likeness (QED) is 0.312. The summed E-state index contributed by atoms with van der Waals surface area (Å²) in [5, 5.41) is 0.841. The molecule has 0 aliphatic heterocycles. The monoisotopic (exact) mass is 361 g/mol. The molecule has 0 aliphatic rings. The van der Waals surface area contributed by atoms with Crippen molar-refractivity contribution in [3.8, 4) is 5.75 Å². The number of rotatable bonds is 6. The zero-order chi connectivity index (χ0) is 17.4. The number of nitrogens with zero attached hydrogens (tertiary/aromatic N) is 2. The molecule has 0 saturated carbocycles. The van der Waals surface area contributed by atoms with Gasteiger partial charge in [-0.25, -0.2) is 15.3 Å². The van der Waals surface area contributed by atoms with Gasteiger partial charge in [0.1, 0.15) is 5.75 Å². The summed E-state index contributed by atoms with van der Waals surface area (Å²) >= 11 is 11.8. The highest BCUT2D eigenvalue weighted by Crippen LogP contribution is 2.27. The van der Waals surface area contributed by atoms with Crippen LogP contribution < -0.4 is 21.7 Å². The minimum atomic E-state index is -0.607. The maximum absolute atomic E-state index is 5.93. The third-order valence-corrected chi connectivity index (χ3v) is 3.15. The standard InChI is InChI=1S/C14H21Cl2N5O2/c1-4-12(22-9-5-6-10(15)11(16)7-9)23-21-14(18)20-13(17)19-8(2)3/h5-8,12H,4H2,1-3H3,(H5,17,18,19,20,21). The first-order valence-corrected chi connectivity index (χ1v) is 7.78. The topological polar surface area (TPSA) is 107 Å². The molecular formula is C14H21Cl2N5O2. The first-order valence-electron chi connectivity index (χ1n) is 7.02. The van der Waals surface area contributed by atoms with Gasteiger partial charge < -0.3 is 16.2 Å². The van der Waals surface area contributed by atoms with E-state index in [1.807, 2.05) is 20.8 Å². The summed E-state index contributed by atoms with van der Waals surface area (Å²) in [4.78, 5) is 13.2. The van der Waals surface area contributed by atoms with Gasteiger partial charge >= 0.3 is 0 Å². The number of nitrogens with one attached hydrogen (secondary N) is 1. The van der Waals surface area contributed by atoms with Crippen molar-refractivity contribution in [1.29, 1.82) is 0 Å². The lowest BCUT2D eigenvalue weighted by Crippen LogP contribution is -2.38. The number of benzene rings is 1. The summed E-state index contributed by atoms with van der Waals surface area (Å²) < 4.78 is 5.62. The van der Waals surface area contributed by atoms with Crippen molar-refractivity contribution in [2.45, 2.75) is 39.5 Å². The molecule has 0 radical (unpaired) electrons. The first kappa shape index (κ1) is 19.3. The highest BCUT2D eigenvalue weighted by atomic mass is 35.5. The highest BCUT2D eigenvalue weighted by molar-refractivity contribution is 6.42. The van der Waals surface area contributed by atoms with Crippen LogP contribution in [0.5, 0.6) is 5.75 Å². The summed E-state index contributed by atoms with van der Waals surface area (Å²) in [7, 11) is 0. The predicted octanol–water partition coefficient (Wildman–Crippen LogP) is 2.67. The van der Waals surface area contributed by atoms with E-state index < -0.39 is 6.29 Å². The zero-order valence-electron chi connectivity index (χ0n) is 13.2. The third kappa shape index (κ3) is 7.40. The van der Waals surface area contributed by atoms with Gasteiger partial charge in [0, 0.05) is 18.5 Å². The Morgan fingerprint density at radius 3 is 2.52 bits per heavy atom. The fourth-order valence-corrected chi connectivity index (χ4v) is 1.75. The van der Waals surface area contributed by atoms with E-state index >= 15 is 0 Å². The Bertz CT molecular complexity index is 578. The van der Waals surface area contributed by atoms with Crippen LogP contribution in [0.2, 0.25) is 10.0 Å². The molecule has 0 aliphatic carbocycles. The molecular weight excluding hydrogens is 341 g/mol. The molecule has 0 amide bonds. The molecule has 23 heavy (non-hydrogen) atoms. The highest BCUT2D eigenvalue weighted by Gasteiger charge is 2.11. The van der Waals surface area contributed by atoms with E-state index in [0.29, 0.717) is 22.2 Å². The summed E-state index contributed by atoms with van der Waals surface area (Å²) in [5.41, 5.74) is 13.7. The zero-order valence-corrected chi connectivity index (χ0v) is 14.7. The van der Waals surface area contributed by atoms with E-state index in [4.69, 9.17) is 44.2 Å². The van der Waals surface area contributed by atoms with E-state index in [1.54, 1.807) is 18.2 Å². The van der Waals surface area contributed by atoms with E-state index in [9.17, 15) is 0 Å². The third-order valence-electron chi connectivity index (χ3n) is 2.41. The van der Waals surface area contributed by atoms with Crippen molar-refractivity contribution in [3.63, 3.8) is 0 Å². The van der Waals surface area contributed by atoms with Gasteiger partial charge in [0.2, 0.25) is 18.2 Å². The Balaban J connectivity index is 2.59. The minimum Gasteiger partial charge on any atom is -0.463 e. The van der Waals surface area contributed by atoms with Crippen LogP contribution in [0.4, 0.5) is 0 Å². The molecule has 1 rings (SSSR count). The van der Waals surface area contributed by atoms with Crippen LogP contribution in [0, 0.1) is 0 Å². The summed E-state index contributed by atoms with van der Waals surface area (Å²) in [6, 6.07) is 4.94. The average Bonchev–Trinajstić information content (AvgIpc) is 2.46. The van der Waals surface area contributed by atoms with Crippen LogP contribution in [-0.2, 0) is 4.84 Å². The smallest absolute Gasteiger partial charge is 0.223 e. The molecule has 0 aromatic heterocycles. The average molecular weight is 362 g/mol. The van der Waals surface area contributed by atoms with Gasteiger partial charge in [0.05, 0.1) is 10.0 Å². The Morgan fingerprint density at radius 2 is 1.96 bits per heavy atom. The SMILES string of the molecule is CCC(ONC(N)=NC(N)=NC(C)C)Oc1ccc(Cl)c(Cl)c1. The Morgan fingerprint density at radius 1 is 1.26 bits per heavy atom. The van der Waals surface area contributed by atoms with Crippen LogP contribution in [0.15, 0.2) is 28.2 Å². The van der Waals surface area contributed by atoms with E-state index in [-0.39, 0.29) is 18.0 Å². The van der Waals surface area contributed by atoms with Gasteiger partial charge in [-0.15, -0.1) is 0 Å². The second-order valence-corrected chi connectivity index (χ2v) is 5.64. The molecule has 1 aromatic rings. The Kier molecular flexibility index (Phi) is 7.94. The van der Waals surface area contributed by atoms with Crippen molar-refractivity contribution >= 4 is 35.1 Å². The van der Waals surface area contributed by atoms with Gasteiger partial charge in [-0.3, -0.25) is 0 Å². The molecule has 0 heterocycles. The second-order valence-electron chi connectivity index (χ2n) is 4.83. The first-order chi connectivity index (χ1) is 10.8. The number of hydrogen-bond acceptors (Lipinski definition) is 3. The van der Waals surface area contributed by atoms with Gasteiger partial charge in [0.15, 0.2) is 0 Å². The number of hydrogen-bond donors (Lipinski definition) is 3. The second kappa shape index (κ2) is 9.44. The summed E-state index contributed by atoms with van der Waals surface area (Å²) in [6.45, 7) is 5.63. The molecule has 1 aromatic carbocycles. The van der Waals surface area contributed by atoms with Crippen LogP contribution in [0.1, 0.15) is 27.2 Å². The molecule has 9 heteroatoms. The summed E-state index contributed by atoms with van der Waals surface area (Å²) in [5.74, 6) is 0.555. The normalized spacial score (nSPS) is 14.0. The van der Waals surface area contributed by atoms with Crippen LogP contribution in [-0.4, -0.2) is 24.3 Å². The molecule has 7 nitrogen and oxygen atoms in total. The molecule has 0 saturated heterocycles. The van der Waals surface area contributed by atoms with E-state index in [1.165, 1.54) is 0 Å². The van der Waals surface area contributed by atoms with Crippen LogP contribution in [0.25, 0.3) is 0 Å². The number of guanidine groups is 2. The number of hydroxylamine groups is 1. The Labute approximate surface area is 145 Å². The number of ether oxygens (including phenoxy) is 1.